The number of aryl methyl sites for hydroxylation is 1. The fraction of sp³-hybridized carbons (Fsp3) is 0.519. The Hall–Kier alpha value is -2.92. The highest BCUT2D eigenvalue weighted by Gasteiger charge is 2.80. The molecule has 39 heavy (non-hydrogen) atoms. The Labute approximate surface area is 227 Å². The first-order chi connectivity index (χ1) is 18.5. The number of hydrogen-bond acceptors (Lipinski definition) is 6. The van der Waals surface area contributed by atoms with E-state index in [9.17, 15) is 17.6 Å². The summed E-state index contributed by atoms with van der Waals surface area (Å²) in [7, 11) is 0. The Morgan fingerprint density at radius 1 is 0.949 bits per heavy atom. The molecule has 5 fully saturated rings. The number of nitrogens with zero attached hydrogens (tertiary/aromatic N) is 7. The van der Waals surface area contributed by atoms with E-state index in [1.807, 2.05) is 18.2 Å². The molecule has 7 nitrogen and oxygen atoms in total. The topological polar surface area (TPSA) is 53.3 Å². The van der Waals surface area contributed by atoms with Crippen molar-refractivity contribution in [3.63, 3.8) is 0 Å². The second-order valence-electron chi connectivity index (χ2n) is 12.4. The van der Waals surface area contributed by atoms with E-state index in [2.05, 4.69) is 34.4 Å². The molecule has 5 heterocycles. The molecule has 1 aromatic carbocycles. The maximum absolute atomic E-state index is 13.6. The minimum atomic E-state index is -4.15. The van der Waals surface area contributed by atoms with Gasteiger partial charge in [-0.05, 0) is 61.6 Å². The van der Waals surface area contributed by atoms with E-state index in [1.165, 1.54) is 6.20 Å². The van der Waals surface area contributed by atoms with Crippen LogP contribution in [0.25, 0.3) is 5.69 Å². The fourth-order valence-electron chi connectivity index (χ4n) is 7.63. The first-order valence-electron chi connectivity index (χ1n) is 13.2. The maximum atomic E-state index is 13.6. The second-order valence-corrected chi connectivity index (χ2v) is 12.9. The fourth-order valence-corrected chi connectivity index (χ4v) is 7.82. The molecule has 0 N–H and O–H groups in total. The number of fused-ring (bicyclic) bond motifs is 3. The first kappa shape index (κ1) is 23.9. The molecule has 3 aliphatic carbocycles. The lowest BCUT2D eigenvalue weighted by molar-refractivity contribution is -0.364. The third-order valence-electron chi connectivity index (χ3n) is 9.71. The quantitative estimate of drug-likeness (QED) is 0.426. The smallest absolute Gasteiger partial charge is 0.355 e. The Bertz CT molecular complexity index is 1500. The molecule has 0 amide bonds. The number of rotatable bonds is 3. The van der Waals surface area contributed by atoms with E-state index in [1.54, 1.807) is 13.0 Å². The maximum Gasteiger partial charge on any atom is 0.394 e. The highest BCUT2D eigenvalue weighted by atomic mass is 35.5. The number of hydrogen-bond donors (Lipinski definition) is 0. The van der Waals surface area contributed by atoms with Gasteiger partial charge in [0.25, 0.3) is 0 Å². The van der Waals surface area contributed by atoms with Crippen LogP contribution in [0, 0.1) is 23.6 Å². The van der Waals surface area contributed by atoms with E-state index in [0.29, 0.717) is 23.7 Å². The molecular formula is C27H26ClF4N7. The second kappa shape index (κ2) is 7.42. The molecule has 204 valence electrons. The van der Waals surface area contributed by atoms with Crippen LogP contribution in [0.3, 0.4) is 0 Å². The van der Waals surface area contributed by atoms with Crippen LogP contribution in [0.2, 0.25) is 5.02 Å². The molecule has 2 bridgehead atoms. The third-order valence-corrected chi connectivity index (χ3v) is 9.94. The first-order valence-corrected chi connectivity index (χ1v) is 13.5. The van der Waals surface area contributed by atoms with E-state index >= 15 is 0 Å². The van der Waals surface area contributed by atoms with E-state index in [0.717, 1.165) is 55.0 Å². The van der Waals surface area contributed by atoms with Gasteiger partial charge in [0, 0.05) is 48.7 Å². The number of pyridine rings is 1. The largest absolute Gasteiger partial charge is 0.394 e. The van der Waals surface area contributed by atoms with E-state index in [-0.39, 0.29) is 30.5 Å². The van der Waals surface area contributed by atoms with Crippen LogP contribution < -0.4 is 9.80 Å². The summed E-state index contributed by atoms with van der Waals surface area (Å²) in [5, 5.41) is 9.70. The summed E-state index contributed by atoms with van der Waals surface area (Å²) < 4.78 is 56.4. The summed E-state index contributed by atoms with van der Waals surface area (Å²) in [4.78, 5) is 10.8. The van der Waals surface area contributed by atoms with E-state index in [4.69, 9.17) is 11.6 Å². The van der Waals surface area contributed by atoms with Crippen molar-refractivity contribution < 1.29 is 17.6 Å². The molecule has 3 aromatic rings. The molecule has 0 radical (unpaired) electrons. The normalized spacial score (nSPS) is 28.6. The van der Waals surface area contributed by atoms with Gasteiger partial charge in [0.1, 0.15) is 11.6 Å². The molecule has 9 rings (SSSR count). The summed E-state index contributed by atoms with van der Waals surface area (Å²) in [6.07, 6.45) is -2.43. The van der Waals surface area contributed by atoms with Crippen LogP contribution in [0.1, 0.15) is 36.2 Å². The summed E-state index contributed by atoms with van der Waals surface area (Å²) in [5.74, 6) is 1.98. The third kappa shape index (κ3) is 3.23. The predicted molar refractivity (Wildman–Crippen MR) is 136 cm³/mol. The minimum absolute atomic E-state index is 0.119. The number of benzene rings is 1. The monoisotopic (exact) mass is 559 g/mol. The number of aromatic nitrogens is 4. The van der Waals surface area contributed by atoms with Gasteiger partial charge in [0.15, 0.2) is 5.82 Å². The molecule has 3 aliphatic heterocycles. The highest BCUT2D eigenvalue weighted by Crippen LogP contribution is 2.75. The molecule has 2 saturated heterocycles. The van der Waals surface area contributed by atoms with Crippen LogP contribution in [0.5, 0.6) is 0 Å². The van der Waals surface area contributed by atoms with E-state index < -0.39 is 17.1 Å². The summed E-state index contributed by atoms with van der Waals surface area (Å²) in [5.41, 5.74) is 0.641. The average Bonchev–Trinajstić information content (AvgIpc) is 3.07. The van der Waals surface area contributed by atoms with Gasteiger partial charge in [-0.1, -0.05) is 11.6 Å². The van der Waals surface area contributed by atoms with Gasteiger partial charge in [0.2, 0.25) is 5.95 Å². The van der Waals surface area contributed by atoms with Gasteiger partial charge in [-0.3, -0.25) is 9.47 Å². The van der Waals surface area contributed by atoms with Crippen molar-refractivity contribution in [2.24, 2.45) is 10.8 Å². The molecule has 2 aromatic heterocycles. The van der Waals surface area contributed by atoms with Crippen molar-refractivity contribution in [1.82, 2.24) is 24.6 Å². The molecule has 6 aliphatic rings. The van der Waals surface area contributed by atoms with Crippen molar-refractivity contribution >= 4 is 23.4 Å². The highest BCUT2D eigenvalue weighted by molar-refractivity contribution is 6.30. The van der Waals surface area contributed by atoms with Crippen LogP contribution in [-0.4, -0.2) is 62.5 Å². The van der Waals surface area contributed by atoms with Gasteiger partial charge >= 0.3 is 6.18 Å². The lowest BCUT2D eigenvalue weighted by Gasteiger charge is -2.73. The zero-order valence-corrected chi connectivity index (χ0v) is 22.0. The van der Waals surface area contributed by atoms with Gasteiger partial charge < -0.3 is 9.80 Å². The Balaban J connectivity index is 1.04. The van der Waals surface area contributed by atoms with Crippen LogP contribution in [0.15, 0.2) is 30.5 Å². The number of alkyl halides is 3. The van der Waals surface area contributed by atoms with Crippen molar-refractivity contribution in [2.45, 2.75) is 51.0 Å². The molecule has 0 atom stereocenters. The zero-order valence-electron chi connectivity index (χ0n) is 21.3. The zero-order chi connectivity index (χ0) is 26.9. The van der Waals surface area contributed by atoms with Crippen molar-refractivity contribution in [2.75, 3.05) is 36.0 Å². The Kier molecular flexibility index (Phi) is 4.55. The lowest BCUT2D eigenvalue weighted by atomic mass is 9.38. The van der Waals surface area contributed by atoms with Crippen LogP contribution >= 0.6 is 11.6 Å². The minimum Gasteiger partial charge on any atom is -0.355 e. The molecule has 3 saturated carbocycles. The lowest BCUT2D eigenvalue weighted by Crippen LogP contribution is -2.78. The number of halogens is 5. The van der Waals surface area contributed by atoms with Crippen molar-refractivity contribution in [3.05, 3.63) is 58.3 Å². The predicted octanol–water partition coefficient (Wildman–Crippen LogP) is 4.89. The number of anilines is 2. The van der Waals surface area contributed by atoms with Crippen LogP contribution in [0.4, 0.5) is 29.3 Å². The van der Waals surface area contributed by atoms with Crippen molar-refractivity contribution in [1.29, 1.82) is 0 Å². The molecule has 0 unspecified atom stereocenters. The average molecular weight is 560 g/mol. The van der Waals surface area contributed by atoms with Gasteiger partial charge in [-0.2, -0.15) is 13.2 Å². The molecular weight excluding hydrogens is 534 g/mol. The molecule has 12 heteroatoms. The SMILES string of the molecule is Cc1cc(N2CC3(C2)CN(c2nnc4n2-c2ccc(Cl)cc2CN(C25CC(C(F)(F)F)(C2)C5)C4)C3)ncc1F. The van der Waals surface area contributed by atoms with Gasteiger partial charge in [-0.25, -0.2) is 9.37 Å². The summed E-state index contributed by atoms with van der Waals surface area (Å²) in [6.45, 7) is 6.01. The Morgan fingerprint density at radius 2 is 1.67 bits per heavy atom. The van der Waals surface area contributed by atoms with Gasteiger partial charge in [0.05, 0.1) is 23.8 Å². The van der Waals surface area contributed by atoms with Crippen molar-refractivity contribution in [3.8, 4) is 5.69 Å². The molecule has 1 spiro atoms. The standard InChI is InChI=1S/C27H26ClF4N7/c1-16-4-21(33-6-19(16)29)36-12-24(13-36)14-37(15-24)23-35-34-22-8-38(26-9-25(10-26,11-26)27(30,31)32)7-17-5-18(28)2-3-20(17)39(22)23/h2-6H,7-15H2,1H3. The van der Waals surface area contributed by atoms with Gasteiger partial charge in [-0.15, -0.1) is 10.2 Å². The summed E-state index contributed by atoms with van der Waals surface area (Å²) in [6, 6.07) is 7.49. The summed E-state index contributed by atoms with van der Waals surface area (Å²) >= 11 is 6.37. The Morgan fingerprint density at radius 3 is 2.36 bits per heavy atom. The van der Waals surface area contributed by atoms with Crippen LogP contribution in [-0.2, 0) is 13.1 Å².